The second-order valence-electron chi connectivity index (χ2n) is 7.33. The van der Waals surface area contributed by atoms with Crippen molar-refractivity contribution in [2.45, 2.75) is 13.8 Å². The number of thiocarbonyl (C=S) groups is 1. The zero-order valence-electron chi connectivity index (χ0n) is 17.2. The molecule has 0 saturated carbocycles. The highest BCUT2D eigenvalue weighted by atomic mass is 32.1. The molecule has 0 spiro atoms. The molecule has 2 amide bonds. The van der Waals surface area contributed by atoms with Crippen LogP contribution in [0.15, 0.2) is 64.6 Å². The summed E-state index contributed by atoms with van der Waals surface area (Å²) < 4.78 is 5.83. The van der Waals surface area contributed by atoms with E-state index in [1.807, 2.05) is 19.1 Å². The maximum Gasteiger partial charge on any atom is 0.335 e. The Kier molecular flexibility index (Phi) is 5.46. The lowest BCUT2D eigenvalue weighted by atomic mass is 10.0. The second kappa shape index (κ2) is 8.24. The number of aryl methyl sites for hydroxylation is 2. The van der Waals surface area contributed by atoms with E-state index in [-0.39, 0.29) is 16.2 Å². The molecule has 3 aromatic rings. The third-order valence-electron chi connectivity index (χ3n) is 5.05. The van der Waals surface area contributed by atoms with Gasteiger partial charge in [0.15, 0.2) is 5.11 Å². The summed E-state index contributed by atoms with van der Waals surface area (Å²) in [5, 5.41) is 11.7. The van der Waals surface area contributed by atoms with E-state index < -0.39 is 17.8 Å². The molecule has 1 saturated heterocycles. The number of nitrogens with zero attached hydrogens (tertiary/aromatic N) is 1. The first kappa shape index (κ1) is 21.2. The van der Waals surface area contributed by atoms with Gasteiger partial charge < -0.3 is 9.52 Å². The molecule has 0 atom stereocenters. The number of carboxylic acid groups (broad SMARTS) is 1. The van der Waals surface area contributed by atoms with Crippen LogP contribution in [0.4, 0.5) is 5.69 Å². The van der Waals surface area contributed by atoms with Gasteiger partial charge in [0.2, 0.25) is 0 Å². The number of carboxylic acids is 1. The van der Waals surface area contributed by atoms with Crippen LogP contribution in [0.25, 0.3) is 17.4 Å². The summed E-state index contributed by atoms with van der Waals surface area (Å²) in [5.74, 6) is -1.38. The Labute approximate surface area is 189 Å². The summed E-state index contributed by atoms with van der Waals surface area (Å²) >= 11 is 5.21. The predicted octanol–water partition coefficient (Wildman–Crippen LogP) is 4.09. The number of carbonyl (C=O) groups is 3. The lowest BCUT2D eigenvalue weighted by Gasteiger charge is -2.28. The Hall–Kier alpha value is -4.04. The summed E-state index contributed by atoms with van der Waals surface area (Å²) in [6.07, 6.45) is 1.37. The van der Waals surface area contributed by atoms with Crippen molar-refractivity contribution >= 4 is 46.9 Å². The SMILES string of the molecule is Cc1ccc(N2C(=O)/C(=C/c3ccc(-c4ccc(C(=O)O)cc4C)o3)C(=O)NC2=S)cc1. The first-order chi connectivity index (χ1) is 15.2. The molecule has 0 unspecified atom stereocenters. The highest BCUT2D eigenvalue weighted by molar-refractivity contribution is 7.80. The molecule has 0 bridgehead atoms. The first-order valence-electron chi connectivity index (χ1n) is 9.67. The van der Waals surface area contributed by atoms with E-state index in [4.69, 9.17) is 21.7 Å². The minimum absolute atomic E-state index is 0.00952. The average Bonchev–Trinajstić information content (AvgIpc) is 3.20. The number of carbonyl (C=O) groups excluding carboxylic acids is 2. The van der Waals surface area contributed by atoms with Crippen LogP contribution in [-0.2, 0) is 9.59 Å². The highest BCUT2D eigenvalue weighted by Crippen LogP contribution is 2.28. The largest absolute Gasteiger partial charge is 0.478 e. The first-order valence-corrected chi connectivity index (χ1v) is 10.1. The normalized spacial score (nSPS) is 15.2. The summed E-state index contributed by atoms with van der Waals surface area (Å²) in [6, 6.07) is 15.2. The van der Waals surface area contributed by atoms with E-state index in [1.165, 1.54) is 17.0 Å². The van der Waals surface area contributed by atoms with Crippen molar-refractivity contribution < 1.29 is 23.9 Å². The molecule has 1 aliphatic heterocycles. The van der Waals surface area contributed by atoms with Crippen LogP contribution < -0.4 is 10.2 Å². The van der Waals surface area contributed by atoms with Gasteiger partial charge in [0, 0.05) is 5.56 Å². The smallest absolute Gasteiger partial charge is 0.335 e. The third kappa shape index (κ3) is 3.95. The van der Waals surface area contributed by atoms with E-state index in [2.05, 4.69) is 5.32 Å². The zero-order chi connectivity index (χ0) is 23.0. The van der Waals surface area contributed by atoms with Gasteiger partial charge in [-0.15, -0.1) is 0 Å². The molecule has 2 N–H and O–H groups in total. The fraction of sp³-hybridized carbons (Fsp3) is 0.0833. The van der Waals surface area contributed by atoms with Gasteiger partial charge >= 0.3 is 5.97 Å². The minimum Gasteiger partial charge on any atom is -0.478 e. The Morgan fingerprint density at radius 2 is 1.78 bits per heavy atom. The Balaban J connectivity index is 1.66. The number of nitrogens with one attached hydrogen (secondary N) is 1. The van der Waals surface area contributed by atoms with Gasteiger partial charge in [-0.3, -0.25) is 19.8 Å². The fourth-order valence-corrected chi connectivity index (χ4v) is 3.66. The molecule has 0 aliphatic carbocycles. The quantitative estimate of drug-likeness (QED) is 0.356. The van der Waals surface area contributed by atoms with Crippen LogP contribution in [0, 0.1) is 13.8 Å². The van der Waals surface area contributed by atoms with Crippen LogP contribution in [0.2, 0.25) is 0 Å². The second-order valence-corrected chi connectivity index (χ2v) is 7.72. The van der Waals surface area contributed by atoms with Crippen LogP contribution in [0.5, 0.6) is 0 Å². The summed E-state index contributed by atoms with van der Waals surface area (Å²) in [5.41, 5.74) is 3.07. The van der Waals surface area contributed by atoms with Gasteiger partial charge in [0.1, 0.15) is 17.1 Å². The molecule has 1 fully saturated rings. The molecule has 32 heavy (non-hydrogen) atoms. The number of benzene rings is 2. The molecule has 7 nitrogen and oxygen atoms in total. The summed E-state index contributed by atoms with van der Waals surface area (Å²) in [7, 11) is 0. The topological polar surface area (TPSA) is 99.8 Å². The van der Waals surface area contributed by atoms with E-state index in [1.54, 1.807) is 43.3 Å². The molecule has 1 aliphatic rings. The van der Waals surface area contributed by atoms with Crippen LogP contribution in [0.1, 0.15) is 27.2 Å². The number of furan rings is 1. The predicted molar refractivity (Wildman–Crippen MR) is 123 cm³/mol. The van der Waals surface area contributed by atoms with Crippen LogP contribution >= 0.6 is 12.2 Å². The maximum atomic E-state index is 13.1. The number of hydrogen-bond acceptors (Lipinski definition) is 5. The lowest BCUT2D eigenvalue weighted by molar-refractivity contribution is -0.122. The standard InChI is InChI=1S/C24H18N2O5S/c1-13-3-6-16(7-4-13)26-22(28)19(21(27)25-24(26)32)12-17-8-10-20(31-17)18-9-5-15(23(29)30)11-14(18)2/h3-12H,1-2H3,(H,29,30)(H,25,27,32)/b19-12+. The molecule has 2 aromatic carbocycles. The van der Waals surface area contributed by atoms with Crippen LogP contribution in [0.3, 0.4) is 0 Å². The molecule has 160 valence electrons. The number of amides is 2. The van der Waals surface area contributed by atoms with Crippen molar-refractivity contribution in [3.8, 4) is 11.3 Å². The Morgan fingerprint density at radius 1 is 1.06 bits per heavy atom. The van der Waals surface area contributed by atoms with Crippen molar-refractivity contribution in [2.24, 2.45) is 0 Å². The van der Waals surface area contributed by atoms with Gasteiger partial charge in [-0.05, 0) is 74.1 Å². The molecule has 4 rings (SSSR count). The monoisotopic (exact) mass is 446 g/mol. The summed E-state index contributed by atoms with van der Waals surface area (Å²) in [6.45, 7) is 3.71. The van der Waals surface area contributed by atoms with Crippen molar-refractivity contribution in [1.29, 1.82) is 0 Å². The van der Waals surface area contributed by atoms with E-state index in [9.17, 15) is 14.4 Å². The van der Waals surface area contributed by atoms with Crippen molar-refractivity contribution in [3.63, 3.8) is 0 Å². The van der Waals surface area contributed by atoms with E-state index in [0.29, 0.717) is 22.8 Å². The zero-order valence-corrected chi connectivity index (χ0v) is 18.0. The lowest BCUT2D eigenvalue weighted by Crippen LogP contribution is -2.54. The number of anilines is 1. The highest BCUT2D eigenvalue weighted by Gasteiger charge is 2.34. The van der Waals surface area contributed by atoms with Gasteiger partial charge in [-0.1, -0.05) is 23.8 Å². The minimum atomic E-state index is -1.01. The number of aromatic carboxylic acids is 1. The average molecular weight is 446 g/mol. The Morgan fingerprint density at radius 3 is 2.44 bits per heavy atom. The van der Waals surface area contributed by atoms with Gasteiger partial charge in [0.05, 0.1) is 11.3 Å². The van der Waals surface area contributed by atoms with Crippen molar-refractivity contribution in [2.75, 3.05) is 4.90 Å². The van der Waals surface area contributed by atoms with Crippen LogP contribution in [-0.4, -0.2) is 28.0 Å². The molecule has 8 heteroatoms. The van der Waals surface area contributed by atoms with Gasteiger partial charge in [0.25, 0.3) is 11.8 Å². The van der Waals surface area contributed by atoms with E-state index >= 15 is 0 Å². The van der Waals surface area contributed by atoms with E-state index in [0.717, 1.165) is 11.1 Å². The maximum absolute atomic E-state index is 13.1. The van der Waals surface area contributed by atoms with Gasteiger partial charge in [-0.2, -0.15) is 0 Å². The Bertz CT molecular complexity index is 1300. The molecule has 1 aromatic heterocycles. The van der Waals surface area contributed by atoms with Crippen molar-refractivity contribution in [3.05, 3.63) is 82.6 Å². The summed E-state index contributed by atoms with van der Waals surface area (Å²) in [4.78, 5) is 38.0. The third-order valence-corrected chi connectivity index (χ3v) is 5.33. The number of hydrogen-bond donors (Lipinski definition) is 2. The molecule has 0 radical (unpaired) electrons. The molecule has 2 heterocycles. The number of rotatable bonds is 4. The van der Waals surface area contributed by atoms with Crippen molar-refractivity contribution in [1.82, 2.24) is 5.32 Å². The fourth-order valence-electron chi connectivity index (χ4n) is 3.38. The molecular weight excluding hydrogens is 428 g/mol. The molecular formula is C24H18N2O5S. The van der Waals surface area contributed by atoms with Gasteiger partial charge in [-0.25, -0.2) is 4.79 Å².